The number of nitrogens with one attached hydrogen (secondary N) is 1. The molecule has 1 N–H and O–H groups in total. The molecule has 0 aliphatic rings. The number of aromatic nitrogens is 4. The van der Waals surface area contributed by atoms with Gasteiger partial charge in [0.1, 0.15) is 10.0 Å². The molecule has 3 rings (SSSR count). The summed E-state index contributed by atoms with van der Waals surface area (Å²) >= 11 is 12.0. The Bertz CT molecular complexity index is 1020. The van der Waals surface area contributed by atoms with Crippen LogP contribution in [0.25, 0.3) is 11.0 Å². The predicted molar refractivity (Wildman–Crippen MR) is 88.3 cm³/mol. The molecular formula is C13H11Cl2N5O2S. The highest BCUT2D eigenvalue weighted by Gasteiger charge is 2.26. The highest BCUT2D eigenvalue weighted by atomic mass is 35.5. The summed E-state index contributed by atoms with van der Waals surface area (Å²) in [6, 6.07) is 6.99. The molecule has 2 heterocycles. The molecule has 0 saturated carbocycles. The molecule has 0 atom stereocenters. The van der Waals surface area contributed by atoms with Gasteiger partial charge in [0.2, 0.25) is 0 Å². The lowest BCUT2D eigenvalue weighted by Gasteiger charge is -2.09. The number of hydrogen-bond acceptors (Lipinski definition) is 5. The number of benzene rings is 1. The molecule has 0 aliphatic carbocycles. The fourth-order valence-corrected chi connectivity index (χ4v) is 4.14. The van der Waals surface area contributed by atoms with E-state index in [1.54, 1.807) is 38.2 Å². The third-order valence-corrected chi connectivity index (χ3v) is 5.43. The maximum Gasteiger partial charge on any atom is 0.268 e. The second-order valence-corrected chi connectivity index (χ2v) is 7.12. The Morgan fingerprint density at radius 1 is 1.13 bits per heavy atom. The fourth-order valence-electron chi connectivity index (χ4n) is 2.14. The topological polar surface area (TPSA) is 89.8 Å². The zero-order valence-electron chi connectivity index (χ0n) is 12.1. The van der Waals surface area contributed by atoms with E-state index in [9.17, 15) is 8.42 Å². The minimum atomic E-state index is -4.00. The van der Waals surface area contributed by atoms with E-state index in [2.05, 4.69) is 19.8 Å². The number of fused-ring (bicyclic) bond motifs is 1. The average Bonchev–Trinajstić information content (AvgIpc) is 2.73. The van der Waals surface area contributed by atoms with Gasteiger partial charge >= 0.3 is 0 Å². The van der Waals surface area contributed by atoms with Crippen molar-refractivity contribution in [2.75, 3.05) is 4.72 Å². The van der Waals surface area contributed by atoms with E-state index in [0.29, 0.717) is 11.0 Å². The van der Waals surface area contributed by atoms with Crippen molar-refractivity contribution in [3.63, 3.8) is 0 Å². The summed E-state index contributed by atoms with van der Waals surface area (Å²) < 4.78 is 28.7. The number of aryl methyl sites for hydroxylation is 2. The zero-order chi connectivity index (χ0) is 16.8. The maximum absolute atomic E-state index is 12.6. The van der Waals surface area contributed by atoms with Crippen LogP contribution in [0.1, 0.15) is 5.69 Å². The van der Waals surface area contributed by atoms with Crippen molar-refractivity contribution in [2.24, 2.45) is 7.05 Å². The predicted octanol–water partition coefficient (Wildman–Crippen LogP) is 2.78. The van der Waals surface area contributed by atoms with Gasteiger partial charge in [0.25, 0.3) is 10.0 Å². The van der Waals surface area contributed by atoms with E-state index in [-0.39, 0.29) is 26.7 Å². The van der Waals surface area contributed by atoms with E-state index in [1.165, 1.54) is 4.68 Å². The number of para-hydroxylation sites is 2. The number of halogens is 2. The molecule has 0 bridgehead atoms. The van der Waals surface area contributed by atoms with Crippen LogP contribution in [0.15, 0.2) is 29.2 Å². The normalized spacial score (nSPS) is 11.8. The largest absolute Gasteiger partial charge is 0.268 e. The minimum Gasteiger partial charge on any atom is -0.261 e. The third kappa shape index (κ3) is 2.85. The standard InChI is InChI=1S/C13H11Cl2N5O2S/c1-7-10(12(15)20(2)18-7)23(21,22)19-13-11(14)16-8-5-3-4-6-9(8)17-13/h3-6H,1-2H3,(H,17,19). The molecule has 0 aliphatic heterocycles. The molecule has 120 valence electrons. The number of anilines is 1. The van der Waals surface area contributed by atoms with Crippen LogP contribution < -0.4 is 4.72 Å². The van der Waals surface area contributed by atoms with Crippen LogP contribution in [0.3, 0.4) is 0 Å². The first-order valence-electron chi connectivity index (χ1n) is 6.44. The first-order chi connectivity index (χ1) is 10.8. The van der Waals surface area contributed by atoms with Crippen molar-refractivity contribution in [3.05, 3.63) is 40.3 Å². The summed E-state index contributed by atoms with van der Waals surface area (Å²) in [4.78, 5) is 8.20. The van der Waals surface area contributed by atoms with Gasteiger partial charge in [-0.3, -0.25) is 9.40 Å². The van der Waals surface area contributed by atoms with Gasteiger partial charge in [0, 0.05) is 7.05 Å². The van der Waals surface area contributed by atoms with E-state index in [1.807, 2.05) is 0 Å². The van der Waals surface area contributed by atoms with E-state index >= 15 is 0 Å². The Morgan fingerprint density at radius 2 is 1.74 bits per heavy atom. The molecule has 10 heteroatoms. The second-order valence-electron chi connectivity index (χ2n) is 4.79. The smallest absolute Gasteiger partial charge is 0.261 e. The molecule has 3 aromatic rings. The highest BCUT2D eigenvalue weighted by Crippen LogP contribution is 2.28. The lowest BCUT2D eigenvalue weighted by atomic mass is 10.3. The molecule has 2 aromatic heterocycles. The summed E-state index contributed by atoms with van der Waals surface area (Å²) in [5, 5.41) is 3.94. The van der Waals surface area contributed by atoms with Gasteiger partial charge < -0.3 is 0 Å². The van der Waals surface area contributed by atoms with Crippen LogP contribution in [0.4, 0.5) is 5.82 Å². The Balaban J connectivity index is 2.09. The van der Waals surface area contributed by atoms with Gasteiger partial charge in [0.15, 0.2) is 11.0 Å². The lowest BCUT2D eigenvalue weighted by Crippen LogP contribution is -2.15. The first-order valence-corrected chi connectivity index (χ1v) is 8.67. The summed E-state index contributed by atoms with van der Waals surface area (Å²) in [5.41, 5.74) is 1.36. The Kier molecular flexibility index (Phi) is 3.91. The van der Waals surface area contributed by atoms with Crippen molar-refractivity contribution < 1.29 is 8.42 Å². The average molecular weight is 372 g/mol. The van der Waals surface area contributed by atoms with Gasteiger partial charge in [-0.2, -0.15) is 5.10 Å². The van der Waals surface area contributed by atoms with Crippen molar-refractivity contribution in [1.29, 1.82) is 0 Å². The molecule has 0 radical (unpaired) electrons. The fraction of sp³-hybridized carbons (Fsp3) is 0.154. The monoisotopic (exact) mass is 371 g/mol. The molecule has 7 nitrogen and oxygen atoms in total. The number of nitrogens with zero attached hydrogens (tertiary/aromatic N) is 4. The Morgan fingerprint density at radius 3 is 2.30 bits per heavy atom. The van der Waals surface area contributed by atoms with Gasteiger partial charge in [-0.15, -0.1) is 0 Å². The summed E-state index contributed by atoms with van der Waals surface area (Å²) in [6.45, 7) is 1.55. The zero-order valence-corrected chi connectivity index (χ0v) is 14.4. The van der Waals surface area contributed by atoms with E-state index < -0.39 is 10.0 Å². The molecule has 1 aromatic carbocycles. The van der Waals surface area contributed by atoms with Crippen molar-refractivity contribution in [1.82, 2.24) is 19.7 Å². The van der Waals surface area contributed by atoms with Gasteiger partial charge in [-0.1, -0.05) is 35.3 Å². The van der Waals surface area contributed by atoms with Crippen LogP contribution in [-0.2, 0) is 17.1 Å². The lowest BCUT2D eigenvalue weighted by molar-refractivity contribution is 0.600. The third-order valence-electron chi connectivity index (χ3n) is 3.13. The first kappa shape index (κ1) is 16.0. The van der Waals surface area contributed by atoms with Crippen molar-refractivity contribution in [3.8, 4) is 0 Å². The van der Waals surface area contributed by atoms with Crippen LogP contribution in [0, 0.1) is 6.92 Å². The minimum absolute atomic E-state index is 0.000120. The molecule has 0 fully saturated rings. The van der Waals surface area contributed by atoms with Crippen LogP contribution in [0.2, 0.25) is 10.3 Å². The van der Waals surface area contributed by atoms with Crippen LogP contribution in [-0.4, -0.2) is 28.2 Å². The van der Waals surface area contributed by atoms with Crippen LogP contribution in [0.5, 0.6) is 0 Å². The quantitative estimate of drug-likeness (QED) is 0.764. The molecule has 23 heavy (non-hydrogen) atoms. The SMILES string of the molecule is Cc1nn(C)c(Cl)c1S(=O)(=O)Nc1nc2ccccc2nc1Cl. The van der Waals surface area contributed by atoms with Crippen molar-refractivity contribution >= 4 is 50.1 Å². The number of rotatable bonds is 3. The maximum atomic E-state index is 12.6. The molecule has 0 amide bonds. The van der Waals surface area contributed by atoms with Gasteiger partial charge in [-0.05, 0) is 19.1 Å². The Labute approximate surface area is 142 Å². The van der Waals surface area contributed by atoms with Crippen LogP contribution >= 0.6 is 23.2 Å². The summed E-state index contributed by atoms with van der Waals surface area (Å²) in [6.07, 6.45) is 0. The summed E-state index contributed by atoms with van der Waals surface area (Å²) in [7, 11) is -2.44. The molecule has 0 unspecified atom stereocenters. The molecule has 0 saturated heterocycles. The summed E-state index contributed by atoms with van der Waals surface area (Å²) in [5.74, 6) is -0.0651. The van der Waals surface area contributed by atoms with Crippen molar-refractivity contribution in [2.45, 2.75) is 11.8 Å². The highest BCUT2D eigenvalue weighted by molar-refractivity contribution is 7.92. The van der Waals surface area contributed by atoms with Gasteiger partial charge in [0.05, 0.1) is 16.7 Å². The number of hydrogen-bond donors (Lipinski definition) is 1. The molecule has 0 spiro atoms. The second kappa shape index (κ2) is 5.63. The molecular weight excluding hydrogens is 361 g/mol. The van der Waals surface area contributed by atoms with E-state index in [0.717, 1.165) is 0 Å². The number of sulfonamides is 1. The van der Waals surface area contributed by atoms with Gasteiger partial charge in [-0.25, -0.2) is 18.4 Å². The van der Waals surface area contributed by atoms with E-state index in [4.69, 9.17) is 23.2 Å². The Hall–Kier alpha value is -1.90.